The molecule has 0 saturated carbocycles. The zero-order valence-corrected chi connectivity index (χ0v) is 18.3. The highest BCUT2D eigenvalue weighted by Gasteiger charge is 2.18. The van der Waals surface area contributed by atoms with Gasteiger partial charge in [-0.3, -0.25) is 4.79 Å². The number of rotatable bonds is 6. The monoisotopic (exact) mass is 429 g/mol. The lowest BCUT2D eigenvalue weighted by atomic mass is 10.1. The van der Waals surface area contributed by atoms with Gasteiger partial charge < -0.3 is 19.4 Å². The molecule has 1 amide bonds. The number of benzene rings is 2. The lowest BCUT2D eigenvalue weighted by Crippen LogP contribution is -2.13. The van der Waals surface area contributed by atoms with Crippen LogP contribution in [0.4, 0.5) is 5.69 Å². The van der Waals surface area contributed by atoms with Crippen LogP contribution < -0.4 is 10.1 Å². The molecule has 0 unspecified atom stereocenters. The molecule has 3 rings (SSSR count). The molecule has 0 aliphatic rings. The molecule has 0 saturated heterocycles. The highest BCUT2D eigenvalue weighted by molar-refractivity contribution is 6.09. The number of carbonyl (C=O) groups is 2. The molecule has 162 valence electrons. The van der Waals surface area contributed by atoms with Crippen molar-refractivity contribution in [1.82, 2.24) is 4.57 Å². The average molecular weight is 429 g/mol. The summed E-state index contributed by atoms with van der Waals surface area (Å²) in [6.45, 7) is 3.75. The maximum absolute atomic E-state index is 12.7. The molecule has 0 bridgehead atoms. The number of ether oxygens (including phenoxy) is 2. The second-order valence-corrected chi connectivity index (χ2v) is 7.03. The van der Waals surface area contributed by atoms with E-state index in [9.17, 15) is 14.9 Å². The van der Waals surface area contributed by atoms with E-state index in [0.29, 0.717) is 28.3 Å². The Hall–Kier alpha value is -4.31. The number of nitriles is 1. The average Bonchev–Trinajstić information content (AvgIpc) is 3.09. The first-order valence-corrected chi connectivity index (χ1v) is 9.83. The van der Waals surface area contributed by atoms with E-state index in [0.717, 1.165) is 11.4 Å². The van der Waals surface area contributed by atoms with Crippen LogP contribution in [0.25, 0.3) is 11.8 Å². The predicted octanol–water partition coefficient (Wildman–Crippen LogP) is 4.44. The van der Waals surface area contributed by atoms with Crippen LogP contribution in [0.3, 0.4) is 0 Å². The number of methoxy groups -OCH3 is 2. The van der Waals surface area contributed by atoms with Crippen molar-refractivity contribution >= 4 is 23.6 Å². The van der Waals surface area contributed by atoms with Gasteiger partial charge in [-0.2, -0.15) is 5.26 Å². The van der Waals surface area contributed by atoms with Gasteiger partial charge in [0, 0.05) is 23.1 Å². The molecule has 1 heterocycles. The molecule has 7 heteroatoms. The second kappa shape index (κ2) is 9.67. The zero-order chi connectivity index (χ0) is 23.3. The first-order chi connectivity index (χ1) is 15.4. The van der Waals surface area contributed by atoms with Crippen molar-refractivity contribution in [2.24, 2.45) is 0 Å². The Morgan fingerprint density at radius 2 is 1.81 bits per heavy atom. The predicted molar refractivity (Wildman–Crippen MR) is 122 cm³/mol. The molecule has 32 heavy (non-hydrogen) atoms. The molecule has 0 atom stereocenters. The van der Waals surface area contributed by atoms with Gasteiger partial charge >= 0.3 is 5.97 Å². The van der Waals surface area contributed by atoms with E-state index in [2.05, 4.69) is 5.32 Å². The van der Waals surface area contributed by atoms with Crippen LogP contribution >= 0.6 is 0 Å². The summed E-state index contributed by atoms with van der Waals surface area (Å²) in [4.78, 5) is 24.9. The van der Waals surface area contributed by atoms with E-state index in [1.807, 2.05) is 42.7 Å². The maximum Gasteiger partial charge on any atom is 0.339 e. The van der Waals surface area contributed by atoms with Crippen LogP contribution in [0.2, 0.25) is 0 Å². The molecule has 1 N–H and O–H groups in total. The van der Waals surface area contributed by atoms with Crippen molar-refractivity contribution in [3.8, 4) is 17.5 Å². The summed E-state index contributed by atoms with van der Waals surface area (Å²) in [6.07, 6.45) is 1.54. The van der Waals surface area contributed by atoms with E-state index >= 15 is 0 Å². The molecule has 0 aliphatic carbocycles. The van der Waals surface area contributed by atoms with Gasteiger partial charge in [0.1, 0.15) is 17.4 Å². The van der Waals surface area contributed by atoms with Crippen LogP contribution in [0.15, 0.2) is 60.2 Å². The van der Waals surface area contributed by atoms with E-state index in [1.54, 1.807) is 36.4 Å². The van der Waals surface area contributed by atoms with E-state index in [4.69, 9.17) is 9.47 Å². The summed E-state index contributed by atoms with van der Waals surface area (Å²) in [5.74, 6) is -0.376. The molecular weight excluding hydrogens is 406 g/mol. The number of nitrogens with zero attached hydrogens (tertiary/aromatic N) is 2. The van der Waals surface area contributed by atoms with Gasteiger partial charge in [0.05, 0.1) is 25.5 Å². The van der Waals surface area contributed by atoms with Crippen LogP contribution in [-0.4, -0.2) is 30.7 Å². The first-order valence-electron chi connectivity index (χ1n) is 9.83. The Kier molecular flexibility index (Phi) is 6.76. The molecule has 2 aromatic carbocycles. The number of aromatic nitrogens is 1. The lowest BCUT2D eigenvalue weighted by Gasteiger charge is -2.13. The fourth-order valence-corrected chi connectivity index (χ4v) is 3.46. The van der Waals surface area contributed by atoms with Gasteiger partial charge in [0.25, 0.3) is 5.91 Å². The molecule has 0 fully saturated rings. The number of para-hydroxylation sites is 1. The molecule has 3 aromatic rings. The fourth-order valence-electron chi connectivity index (χ4n) is 3.46. The third kappa shape index (κ3) is 4.55. The van der Waals surface area contributed by atoms with Gasteiger partial charge in [-0.1, -0.05) is 18.2 Å². The molecule has 0 aliphatic heterocycles. The maximum atomic E-state index is 12.7. The van der Waals surface area contributed by atoms with E-state index in [1.165, 1.54) is 20.3 Å². The smallest absolute Gasteiger partial charge is 0.339 e. The SMILES string of the molecule is COC(=O)c1ccccc1-n1c(C)cc(/C=C(/C#N)C(=O)Nc2cccc(OC)c2)c1C. The van der Waals surface area contributed by atoms with Crippen molar-refractivity contribution in [2.45, 2.75) is 13.8 Å². The highest BCUT2D eigenvalue weighted by Crippen LogP contribution is 2.26. The number of nitrogens with one attached hydrogen (secondary N) is 1. The highest BCUT2D eigenvalue weighted by atomic mass is 16.5. The largest absolute Gasteiger partial charge is 0.497 e. The fraction of sp³-hybridized carbons (Fsp3) is 0.160. The van der Waals surface area contributed by atoms with Crippen LogP contribution in [0.5, 0.6) is 5.75 Å². The Labute approximate surface area is 186 Å². The number of carbonyl (C=O) groups excluding carboxylic acids is 2. The van der Waals surface area contributed by atoms with Crippen molar-refractivity contribution < 1.29 is 19.1 Å². The Bertz CT molecular complexity index is 1250. The lowest BCUT2D eigenvalue weighted by molar-refractivity contribution is -0.112. The number of anilines is 1. The number of hydrogen-bond donors (Lipinski definition) is 1. The second-order valence-electron chi connectivity index (χ2n) is 7.03. The summed E-state index contributed by atoms with van der Waals surface area (Å²) in [5.41, 5.74) is 3.87. The third-order valence-corrected chi connectivity index (χ3v) is 5.01. The summed E-state index contributed by atoms with van der Waals surface area (Å²) < 4.78 is 12.0. The zero-order valence-electron chi connectivity index (χ0n) is 18.3. The van der Waals surface area contributed by atoms with Gasteiger partial charge in [-0.15, -0.1) is 0 Å². The standard InChI is InChI=1S/C25H23N3O4/c1-16-12-18(17(2)28(16)23-11-6-5-10-22(23)25(30)32-4)13-19(15-26)24(29)27-20-8-7-9-21(14-20)31-3/h5-14H,1-4H3,(H,27,29)/b19-13-. The number of esters is 1. The molecule has 0 radical (unpaired) electrons. The summed E-state index contributed by atoms with van der Waals surface area (Å²) >= 11 is 0. The quantitative estimate of drug-likeness (QED) is 0.355. The van der Waals surface area contributed by atoms with Crippen molar-refractivity contribution in [2.75, 3.05) is 19.5 Å². The Morgan fingerprint density at radius 3 is 2.50 bits per heavy atom. The van der Waals surface area contributed by atoms with Gasteiger partial charge in [0.15, 0.2) is 0 Å². The number of amides is 1. The normalized spacial score (nSPS) is 10.9. The Balaban J connectivity index is 1.98. The van der Waals surface area contributed by atoms with Crippen LogP contribution in [-0.2, 0) is 9.53 Å². The van der Waals surface area contributed by atoms with E-state index < -0.39 is 11.9 Å². The van der Waals surface area contributed by atoms with Gasteiger partial charge in [-0.05, 0) is 55.8 Å². The third-order valence-electron chi connectivity index (χ3n) is 5.01. The summed E-state index contributed by atoms with van der Waals surface area (Å²) in [7, 11) is 2.87. The first kappa shape index (κ1) is 22.4. The van der Waals surface area contributed by atoms with Crippen molar-refractivity contribution in [1.29, 1.82) is 5.26 Å². The van der Waals surface area contributed by atoms with Crippen LogP contribution in [0.1, 0.15) is 27.3 Å². The minimum absolute atomic E-state index is 0.0469. The molecule has 7 nitrogen and oxygen atoms in total. The Morgan fingerprint density at radius 1 is 1.06 bits per heavy atom. The van der Waals surface area contributed by atoms with Crippen molar-refractivity contribution in [3.05, 3.63) is 82.7 Å². The molecule has 0 spiro atoms. The minimum atomic E-state index is -0.527. The van der Waals surface area contributed by atoms with Crippen LogP contribution in [0, 0.1) is 25.2 Å². The van der Waals surface area contributed by atoms with E-state index in [-0.39, 0.29) is 5.57 Å². The molecule has 1 aromatic heterocycles. The number of aryl methyl sites for hydroxylation is 1. The minimum Gasteiger partial charge on any atom is -0.497 e. The topological polar surface area (TPSA) is 93.4 Å². The number of hydrogen-bond acceptors (Lipinski definition) is 5. The van der Waals surface area contributed by atoms with Gasteiger partial charge in [-0.25, -0.2) is 4.79 Å². The van der Waals surface area contributed by atoms with Gasteiger partial charge in [0.2, 0.25) is 0 Å². The van der Waals surface area contributed by atoms with Crippen molar-refractivity contribution in [3.63, 3.8) is 0 Å². The summed E-state index contributed by atoms with van der Waals surface area (Å²) in [5, 5.41) is 12.3. The molecular formula is C25H23N3O4. The summed E-state index contributed by atoms with van der Waals surface area (Å²) in [6, 6.07) is 17.8.